The number of hydrogen-bond acceptors (Lipinski definition) is 6. The smallest absolute Gasteiger partial charge is 0.274 e. The summed E-state index contributed by atoms with van der Waals surface area (Å²) in [5.74, 6) is 1.37. The largest absolute Gasteiger partial charge is 0.355 e. The van der Waals surface area contributed by atoms with Crippen molar-refractivity contribution in [3.05, 3.63) is 12.5 Å². The van der Waals surface area contributed by atoms with Crippen molar-refractivity contribution >= 4 is 27.1 Å². The number of anilines is 1. The Kier molecular flexibility index (Phi) is 4.23. The van der Waals surface area contributed by atoms with Crippen LogP contribution in [0.5, 0.6) is 0 Å². The molecule has 0 atom stereocenters. The van der Waals surface area contributed by atoms with E-state index < -0.39 is 10.2 Å². The molecule has 1 saturated heterocycles. The third-order valence-electron chi connectivity index (χ3n) is 3.99. The summed E-state index contributed by atoms with van der Waals surface area (Å²) in [4.78, 5) is 10.7. The van der Waals surface area contributed by atoms with Gasteiger partial charge in [0.15, 0.2) is 5.82 Å². The molecule has 0 aromatic carbocycles. The average molecular weight is 325 g/mol. The third kappa shape index (κ3) is 3.51. The van der Waals surface area contributed by atoms with Crippen LogP contribution >= 0.6 is 0 Å². The van der Waals surface area contributed by atoms with E-state index in [0.29, 0.717) is 12.5 Å². The fraction of sp³-hybridized carbons (Fsp3) is 0.583. The summed E-state index contributed by atoms with van der Waals surface area (Å²) in [7, 11) is -3.59. The first-order chi connectivity index (χ1) is 10.5. The normalized spacial score (nSPS) is 17.2. The number of fused-ring (bicyclic) bond motifs is 1. The van der Waals surface area contributed by atoms with Crippen molar-refractivity contribution < 1.29 is 8.42 Å². The highest BCUT2D eigenvalue weighted by Gasteiger charge is 2.22. The number of aromatic nitrogens is 4. The van der Waals surface area contributed by atoms with E-state index in [1.54, 1.807) is 12.5 Å². The molecule has 3 rings (SSSR count). The SMILES string of the molecule is NS(=O)(=O)NCCC1CCN(c2ncnc3cn[nH]c23)CC1. The van der Waals surface area contributed by atoms with Crippen LogP contribution in [-0.2, 0) is 10.2 Å². The van der Waals surface area contributed by atoms with E-state index in [2.05, 4.69) is 29.8 Å². The summed E-state index contributed by atoms with van der Waals surface area (Å²) in [5.41, 5.74) is 1.67. The van der Waals surface area contributed by atoms with Gasteiger partial charge >= 0.3 is 0 Å². The van der Waals surface area contributed by atoms with Crippen LogP contribution in [0.1, 0.15) is 19.3 Å². The maximum absolute atomic E-state index is 10.8. The van der Waals surface area contributed by atoms with Gasteiger partial charge in [-0.3, -0.25) is 5.10 Å². The minimum absolute atomic E-state index is 0.391. The van der Waals surface area contributed by atoms with E-state index in [-0.39, 0.29) is 0 Å². The van der Waals surface area contributed by atoms with E-state index in [9.17, 15) is 8.42 Å². The van der Waals surface area contributed by atoms with Gasteiger partial charge in [0.1, 0.15) is 17.4 Å². The molecule has 0 bridgehead atoms. The van der Waals surface area contributed by atoms with Crippen molar-refractivity contribution in [2.24, 2.45) is 11.1 Å². The zero-order valence-corrected chi connectivity index (χ0v) is 12.9. The first kappa shape index (κ1) is 15.1. The van der Waals surface area contributed by atoms with Gasteiger partial charge in [-0.05, 0) is 25.2 Å². The molecule has 3 heterocycles. The lowest BCUT2D eigenvalue weighted by Gasteiger charge is -2.32. The second kappa shape index (κ2) is 6.15. The summed E-state index contributed by atoms with van der Waals surface area (Å²) in [6, 6.07) is 0. The maximum Gasteiger partial charge on any atom is 0.274 e. The monoisotopic (exact) mass is 325 g/mol. The van der Waals surface area contributed by atoms with Gasteiger partial charge in [0.2, 0.25) is 0 Å². The zero-order valence-electron chi connectivity index (χ0n) is 12.1. The lowest BCUT2D eigenvalue weighted by molar-refractivity contribution is 0.381. The third-order valence-corrected chi connectivity index (χ3v) is 4.60. The molecule has 0 aliphatic carbocycles. The molecule has 2 aromatic heterocycles. The van der Waals surface area contributed by atoms with Crippen LogP contribution in [-0.4, -0.2) is 48.2 Å². The van der Waals surface area contributed by atoms with Crippen molar-refractivity contribution in [3.8, 4) is 0 Å². The topological polar surface area (TPSA) is 130 Å². The summed E-state index contributed by atoms with van der Waals surface area (Å²) < 4.78 is 24.0. The minimum atomic E-state index is -3.59. The molecule has 0 unspecified atom stereocenters. The molecule has 22 heavy (non-hydrogen) atoms. The molecule has 0 radical (unpaired) electrons. The van der Waals surface area contributed by atoms with E-state index >= 15 is 0 Å². The van der Waals surface area contributed by atoms with Crippen LogP contribution in [0.25, 0.3) is 11.0 Å². The molecular formula is C12H19N7O2S. The highest BCUT2D eigenvalue weighted by atomic mass is 32.2. The number of nitrogens with two attached hydrogens (primary N) is 1. The predicted octanol–water partition coefficient (Wildman–Crippen LogP) is -0.247. The van der Waals surface area contributed by atoms with Crippen molar-refractivity contribution in [3.63, 3.8) is 0 Å². The first-order valence-corrected chi connectivity index (χ1v) is 8.74. The fourth-order valence-corrected chi connectivity index (χ4v) is 3.23. The van der Waals surface area contributed by atoms with Crippen LogP contribution < -0.4 is 14.8 Å². The number of rotatable bonds is 5. The van der Waals surface area contributed by atoms with Gasteiger partial charge in [0.25, 0.3) is 10.2 Å². The van der Waals surface area contributed by atoms with Crippen LogP contribution in [0, 0.1) is 5.92 Å². The summed E-state index contributed by atoms with van der Waals surface area (Å²) in [6.07, 6.45) is 6.02. The van der Waals surface area contributed by atoms with Crippen molar-refractivity contribution in [2.75, 3.05) is 24.5 Å². The van der Waals surface area contributed by atoms with Gasteiger partial charge in [0, 0.05) is 19.6 Å². The highest BCUT2D eigenvalue weighted by molar-refractivity contribution is 7.87. The second-order valence-corrected chi connectivity index (χ2v) is 6.86. The summed E-state index contributed by atoms with van der Waals surface area (Å²) >= 11 is 0. The molecule has 120 valence electrons. The van der Waals surface area contributed by atoms with E-state index in [0.717, 1.165) is 49.2 Å². The molecule has 1 fully saturated rings. The van der Waals surface area contributed by atoms with Gasteiger partial charge in [0.05, 0.1) is 6.20 Å². The Morgan fingerprint density at radius 1 is 1.36 bits per heavy atom. The van der Waals surface area contributed by atoms with Crippen LogP contribution in [0.3, 0.4) is 0 Å². The van der Waals surface area contributed by atoms with Gasteiger partial charge in [-0.25, -0.2) is 19.8 Å². The molecule has 0 spiro atoms. The minimum Gasteiger partial charge on any atom is -0.355 e. The maximum atomic E-state index is 10.8. The van der Waals surface area contributed by atoms with Crippen LogP contribution in [0.4, 0.5) is 5.82 Å². The van der Waals surface area contributed by atoms with Gasteiger partial charge in [-0.15, -0.1) is 0 Å². The predicted molar refractivity (Wildman–Crippen MR) is 82.3 cm³/mol. The Bertz CT molecular complexity index is 737. The number of nitrogens with one attached hydrogen (secondary N) is 2. The number of piperidine rings is 1. The molecule has 9 nitrogen and oxygen atoms in total. The second-order valence-electron chi connectivity index (χ2n) is 5.49. The zero-order chi connectivity index (χ0) is 15.6. The Labute approximate surface area is 128 Å². The average Bonchev–Trinajstić information content (AvgIpc) is 2.95. The Hall–Kier alpha value is -1.78. The number of H-pyrrole nitrogens is 1. The lowest BCUT2D eigenvalue weighted by Crippen LogP contribution is -2.37. The van der Waals surface area contributed by atoms with Crippen molar-refractivity contribution in [1.82, 2.24) is 24.9 Å². The lowest BCUT2D eigenvalue weighted by atomic mass is 9.93. The summed E-state index contributed by atoms with van der Waals surface area (Å²) in [6.45, 7) is 2.15. The molecule has 1 aliphatic rings. The number of nitrogens with zero attached hydrogens (tertiary/aromatic N) is 4. The number of hydrogen-bond donors (Lipinski definition) is 3. The van der Waals surface area contributed by atoms with Crippen LogP contribution in [0.15, 0.2) is 12.5 Å². The van der Waals surface area contributed by atoms with Gasteiger partial charge in [-0.2, -0.15) is 13.5 Å². The van der Waals surface area contributed by atoms with Gasteiger partial charge in [-0.1, -0.05) is 0 Å². The standard InChI is InChI=1S/C12H19N7O2S/c13-22(20,21)17-4-1-9-2-5-19(6-3-9)12-11-10(7-16-18-11)14-8-15-12/h7-9,17H,1-6H2,(H,16,18)(H2,13,20,21). The Morgan fingerprint density at radius 2 is 2.14 bits per heavy atom. The van der Waals surface area contributed by atoms with E-state index in [1.807, 2.05) is 0 Å². The van der Waals surface area contributed by atoms with Crippen LogP contribution in [0.2, 0.25) is 0 Å². The van der Waals surface area contributed by atoms with E-state index in [1.165, 1.54) is 0 Å². The molecule has 2 aromatic rings. The fourth-order valence-electron chi connectivity index (χ4n) is 2.83. The molecule has 1 aliphatic heterocycles. The van der Waals surface area contributed by atoms with Gasteiger partial charge < -0.3 is 4.90 Å². The van der Waals surface area contributed by atoms with Crippen molar-refractivity contribution in [2.45, 2.75) is 19.3 Å². The van der Waals surface area contributed by atoms with E-state index in [4.69, 9.17) is 5.14 Å². The Balaban J connectivity index is 1.57. The summed E-state index contributed by atoms with van der Waals surface area (Å²) in [5, 5.41) is 11.9. The highest BCUT2D eigenvalue weighted by Crippen LogP contribution is 2.27. The quantitative estimate of drug-likeness (QED) is 0.695. The number of aromatic amines is 1. The molecule has 10 heteroatoms. The Morgan fingerprint density at radius 3 is 2.86 bits per heavy atom. The van der Waals surface area contributed by atoms with Crippen molar-refractivity contribution in [1.29, 1.82) is 0 Å². The first-order valence-electron chi connectivity index (χ1n) is 7.19. The molecule has 0 saturated carbocycles. The molecular weight excluding hydrogens is 306 g/mol. The molecule has 0 amide bonds. The molecule has 4 N–H and O–H groups in total.